The Kier molecular flexibility index (Phi) is 7.72. The third-order valence-electron chi connectivity index (χ3n) is 4.69. The number of ketones is 1. The lowest BCUT2D eigenvalue weighted by Gasteiger charge is -2.13. The van der Waals surface area contributed by atoms with E-state index < -0.39 is 16.5 Å². The number of nitro benzene ring substituents is 1. The molecule has 0 aliphatic carbocycles. The predicted octanol–water partition coefficient (Wildman–Crippen LogP) is 4.11. The molecule has 0 saturated heterocycles. The fourth-order valence-electron chi connectivity index (χ4n) is 3.08. The molecule has 3 aromatic rings. The van der Waals surface area contributed by atoms with Crippen molar-refractivity contribution in [2.24, 2.45) is 0 Å². The van der Waals surface area contributed by atoms with Gasteiger partial charge in [0.1, 0.15) is 12.2 Å². The van der Waals surface area contributed by atoms with Gasteiger partial charge in [0.2, 0.25) is 0 Å². The molecule has 9 nitrogen and oxygen atoms in total. The van der Waals surface area contributed by atoms with Crippen LogP contribution in [0.4, 0.5) is 11.4 Å². The Morgan fingerprint density at radius 1 is 0.909 bits per heavy atom. The van der Waals surface area contributed by atoms with Crippen LogP contribution in [0, 0.1) is 10.1 Å². The Labute approximate surface area is 190 Å². The molecule has 0 heterocycles. The Balaban J connectivity index is 1.88. The second-order valence-corrected chi connectivity index (χ2v) is 6.85. The lowest BCUT2D eigenvalue weighted by molar-refractivity contribution is -0.385. The fraction of sp³-hybridized carbons (Fsp3) is 0.167. The van der Waals surface area contributed by atoms with E-state index in [0.717, 1.165) is 6.07 Å². The third-order valence-corrected chi connectivity index (χ3v) is 4.69. The number of amides is 1. The van der Waals surface area contributed by atoms with Crippen LogP contribution in [0.25, 0.3) is 0 Å². The van der Waals surface area contributed by atoms with E-state index in [1.807, 2.05) is 6.07 Å². The zero-order chi connectivity index (χ0) is 23.8. The number of ether oxygens (including phenoxy) is 3. The molecule has 9 heteroatoms. The largest absolute Gasteiger partial charge is 0.493 e. The van der Waals surface area contributed by atoms with Crippen molar-refractivity contribution < 1.29 is 28.7 Å². The summed E-state index contributed by atoms with van der Waals surface area (Å²) in [6, 6.07) is 17.4. The van der Waals surface area contributed by atoms with Gasteiger partial charge in [0, 0.05) is 30.0 Å². The molecular formula is C24H22N2O7. The highest BCUT2D eigenvalue weighted by atomic mass is 16.6. The Morgan fingerprint density at radius 2 is 1.64 bits per heavy atom. The smallest absolute Gasteiger partial charge is 0.286 e. The van der Waals surface area contributed by atoms with Crippen LogP contribution in [-0.4, -0.2) is 44.0 Å². The number of nitro groups is 1. The minimum absolute atomic E-state index is 0.119. The number of nitrogens with zero attached hydrogens (tertiary/aromatic N) is 1. The number of anilines is 1. The summed E-state index contributed by atoms with van der Waals surface area (Å²) < 4.78 is 15.6. The van der Waals surface area contributed by atoms with Crippen LogP contribution in [-0.2, 0) is 4.74 Å². The van der Waals surface area contributed by atoms with Gasteiger partial charge < -0.3 is 19.5 Å². The Hall–Kier alpha value is -4.24. The Morgan fingerprint density at radius 3 is 2.30 bits per heavy atom. The van der Waals surface area contributed by atoms with E-state index >= 15 is 0 Å². The van der Waals surface area contributed by atoms with Gasteiger partial charge in [0.25, 0.3) is 11.6 Å². The van der Waals surface area contributed by atoms with E-state index in [4.69, 9.17) is 14.2 Å². The van der Waals surface area contributed by atoms with Crippen LogP contribution in [0.3, 0.4) is 0 Å². The highest BCUT2D eigenvalue weighted by Crippen LogP contribution is 2.35. The highest BCUT2D eigenvalue weighted by Gasteiger charge is 2.25. The van der Waals surface area contributed by atoms with E-state index in [1.165, 1.54) is 26.4 Å². The van der Waals surface area contributed by atoms with Crippen LogP contribution in [0.15, 0.2) is 66.7 Å². The van der Waals surface area contributed by atoms with Crippen molar-refractivity contribution in [3.05, 3.63) is 93.5 Å². The number of carbonyl (C=O) groups excluding carboxylic acids is 2. The molecule has 0 fully saturated rings. The molecule has 0 aliphatic rings. The van der Waals surface area contributed by atoms with Gasteiger partial charge in [-0.15, -0.1) is 0 Å². The first kappa shape index (κ1) is 23.4. The summed E-state index contributed by atoms with van der Waals surface area (Å²) >= 11 is 0. The quantitative estimate of drug-likeness (QED) is 0.214. The van der Waals surface area contributed by atoms with Crippen LogP contribution in [0.5, 0.6) is 11.5 Å². The molecular weight excluding hydrogens is 428 g/mol. The average molecular weight is 450 g/mol. The van der Waals surface area contributed by atoms with Crippen molar-refractivity contribution in [1.29, 1.82) is 0 Å². The van der Waals surface area contributed by atoms with E-state index in [2.05, 4.69) is 5.32 Å². The number of benzene rings is 3. The zero-order valence-corrected chi connectivity index (χ0v) is 18.1. The lowest BCUT2D eigenvalue weighted by atomic mass is 10.0. The van der Waals surface area contributed by atoms with Gasteiger partial charge >= 0.3 is 0 Å². The van der Waals surface area contributed by atoms with Gasteiger partial charge in [-0.3, -0.25) is 19.7 Å². The Bertz CT molecular complexity index is 1160. The average Bonchev–Trinajstić information content (AvgIpc) is 2.84. The van der Waals surface area contributed by atoms with Crippen LogP contribution in [0.1, 0.15) is 26.3 Å². The molecule has 0 unspecified atom stereocenters. The van der Waals surface area contributed by atoms with E-state index in [-0.39, 0.29) is 36.1 Å². The molecule has 3 aromatic carbocycles. The number of hydrogen-bond donors (Lipinski definition) is 1. The number of carbonyl (C=O) groups is 2. The van der Waals surface area contributed by atoms with Crippen molar-refractivity contribution in [2.45, 2.75) is 0 Å². The van der Waals surface area contributed by atoms with Gasteiger partial charge in [0.05, 0.1) is 24.7 Å². The molecule has 0 spiro atoms. The molecule has 1 N–H and O–H groups in total. The standard InChI is InChI=1S/C24H22N2O7/c1-31-11-12-33-22-15-20(26(29)30)19(14-21(22)32-2)24(28)25-18-10-6-9-17(13-18)23(27)16-7-4-3-5-8-16/h3-10,13-15H,11-12H2,1-2H3,(H,25,28). The number of rotatable bonds is 10. The monoisotopic (exact) mass is 450 g/mol. The summed E-state index contributed by atoms with van der Waals surface area (Å²) in [5, 5.41) is 14.2. The molecule has 170 valence electrons. The highest BCUT2D eigenvalue weighted by molar-refractivity contribution is 6.11. The molecule has 0 saturated carbocycles. The summed E-state index contributed by atoms with van der Waals surface area (Å²) in [4.78, 5) is 36.5. The molecule has 3 rings (SSSR count). The van der Waals surface area contributed by atoms with Gasteiger partial charge in [0.15, 0.2) is 17.3 Å². The first-order valence-corrected chi connectivity index (χ1v) is 9.94. The maximum Gasteiger partial charge on any atom is 0.286 e. The predicted molar refractivity (Wildman–Crippen MR) is 121 cm³/mol. The normalized spacial score (nSPS) is 10.4. The van der Waals surface area contributed by atoms with Crippen LogP contribution < -0.4 is 14.8 Å². The minimum Gasteiger partial charge on any atom is -0.493 e. The van der Waals surface area contributed by atoms with E-state index in [9.17, 15) is 19.7 Å². The number of hydrogen-bond acceptors (Lipinski definition) is 7. The first-order chi connectivity index (χ1) is 15.9. The molecule has 1 amide bonds. The van der Waals surface area contributed by atoms with Crippen molar-refractivity contribution >= 4 is 23.1 Å². The van der Waals surface area contributed by atoms with Gasteiger partial charge in [-0.1, -0.05) is 42.5 Å². The summed E-state index contributed by atoms with van der Waals surface area (Å²) in [7, 11) is 2.86. The minimum atomic E-state index is -0.729. The van der Waals surface area contributed by atoms with E-state index in [0.29, 0.717) is 16.8 Å². The zero-order valence-electron chi connectivity index (χ0n) is 18.1. The topological polar surface area (TPSA) is 117 Å². The van der Waals surface area contributed by atoms with Crippen molar-refractivity contribution in [3.63, 3.8) is 0 Å². The van der Waals surface area contributed by atoms with Crippen LogP contribution >= 0.6 is 0 Å². The summed E-state index contributed by atoms with van der Waals surface area (Å²) in [5.41, 5.74) is 0.529. The molecule has 0 aliphatic heterocycles. The second-order valence-electron chi connectivity index (χ2n) is 6.85. The lowest BCUT2D eigenvalue weighted by Crippen LogP contribution is -2.15. The molecule has 0 atom stereocenters. The molecule has 33 heavy (non-hydrogen) atoms. The van der Waals surface area contributed by atoms with Crippen molar-refractivity contribution in [2.75, 3.05) is 32.8 Å². The summed E-state index contributed by atoms with van der Waals surface area (Å²) in [5.74, 6) is -0.659. The molecule has 0 bridgehead atoms. The van der Waals surface area contributed by atoms with Gasteiger partial charge in [-0.05, 0) is 12.1 Å². The van der Waals surface area contributed by atoms with Gasteiger partial charge in [-0.25, -0.2) is 0 Å². The van der Waals surface area contributed by atoms with Crippen molar-refractivity contribution in [3.8, 4) is 11.5 Å². The first-order valence-electron chi connectivity index (χ1n) is 9.94. The maximum atomic E-state index is 12.9. The molecule has 0 aromatic heterocycles. The van der Waals surface area contributed by atoms with Crippen LogP contribution in [0.2, 0.25) is 0 Å². The fourth-order valence-corrected chi connectivity index (χ4v) is 3.08. The van der Waals surface area contributed by atoms with Crippen molar-refractivity contribution in [1.82, 2.24) is 0 Å². The number of methoxy groups -OCH3 is 2. The SMILES string of the molecule is COCCOc1cc([N+](=O)[O-])c(C(=O)Nc2cccc(C(=O)c3ccccc3)c2)cc1OC. The van der Waals surface area contributed by atoms with Gasteiger partial charge in [-0.2, -0.15) is 0 Å². The third kappa shape index (κ3) is 5.72. The second kappa shape index (κ2) is 10.9. The summed E-state index contributed by atoms with van der Waals surface area (Å²) in [6.07, 6.45) is 0. The van der Waals surface area contributed by atoms with E-state index in [1.54, 1.807) is 42.5 Å². The number of nitrogens with one attached hydrogen (secondary N) is 1. The molecule has 0 radical (unpaired) electrons. The maximum absolute atomic E-state index is 12.9. The summed E-state index contributed by atoms with van der Waals surface area (Å²) in [6.45, 7) is 0.426.